The molecule has 0 aromatic heterocycles. The van der Waals surface area contributed by atoms with Crippen LogP contribution in [0.15, 0.2) is 18.2 Å². The number of rotatable bonds is 3. The normalized spacial score (nSPS) is 12.3. The van der Waals surface area contributed by atoms with Crippen molar-refractivity contribution in [3.8, 4) is 0 Å². The van der Waals surface area contributed by atoms with E-state index in [1.54, 1.807) is 12.1 Å². The number of hydrogen-bond donors (Lipinski definition) is 2. The molecule has 1 aromatic carbocycles. The first-order valence-corrected chi connectivity index (χ1v) is 6.01. The molecule has 3 N–H and O–H groups in total. The van der Waals surface area contributed by atoms with E-state index in [9.17, 15) is 4.79 Å². The number of benzene rings is 1. The van der Waals surface area contributed by atoms with Crippen LogP contribution in [0.3, 0.4) is 0 Å². The van der Waals surface area contributed by atoms with Crippen LogP contribution in [0.1, 0.15) is 13.3 Å². The molecule has 0 saturated heterocycles. The number of nitrogens with two attached hydrogens (primary N) is 1. The molecule has 82 valence electrons. The van der Waals surface area contributed by atoms with E-state index in [2.05, 4.69) is 27.9 Å². The van der Waals surface area contributed by atoms with Crippen LogP contribution in [0.25, 0.3) is 0 Å². The van der Waals surface area contributed by atoms with Gasteiger partial charge in [0.1, 0.15) is 0 Å². The maximum atomic E-state index is 11.5. The Balaban J connectivity index is 2.77. The minimum atomic E-state index is -0.486. The fraction of sp³-hybridized carbons (Fsp3) is 0.300. The molecule has 0 saturated carbocycles. The Labute approximate surface area is 108 Å². The number of nitrogens with one attached hydrogen (secondary N) is 1. The Morgan fingerprint density at radius 2 is 2.33 bits per heavy atom. The minimum Gasteiger partial charge on any atom is -0.323 e. The molecule has 0 radical (unpaired) electrons. The number of hydrogen-bond acceptors (Lipinski definition) is 2. The zero-order chi connectivity index (χ0) is 11.4. The maximum absolute atomic E-state index is 11.5. The molecule has 1 rings (SSSR count). The summed E-state index contributed by atoms with van der Waals surface area (Å²) in [5.74, 6) is -0.208. The van der Waals surface area contributed by atoms with E-state index in [4.69, 9.17) is 17.3 Å². The van der Waals surface area contributed by atoms with Crippen LogP contribution in [-0.4, -0.2) is 11.9 Å². The highest BCUT2D eigenvalue weighted by Crippen LogP contribution is 2.23. The lowest BCUT2D eigenvalue weighted by atomic mass is 10.2. The minimum absolute atomic E-state index is 0.208. The Hall–Kier alpha value is -0.330. The Bertz CT molecular complexity index is 370. The topological polar surface area (TPSA) is 55.1 Å². The van der Waals surface area contributed by atoms with E-state index in [0.717, 1.165) is 3.57 Å². The van der Waals surface area contributed by atoms with Crippen LogP contribution >= 0.6 is 34.2 Å². The molecule has 1 amide bonds. The molecule has 0 fully saturated rings. The molecule has 0 aliphatic carbocycles. The lowest BCUT2D eigenvalue weighted by Gasteiger charge is -2.11. The summed E-state index contributed by atoms with van der Waals surface area (Å²) in [5, 5.41) is 3.22. The predicted octanol–water partition coefficient (Wildman–Crippen LogP) is 2.62. The van der Waals surface area contributed by atoms with Gasteiger partial charge in [0.25, 0.3) is 0 Å². The Kier molecular flexibility index (Phi) is 4.82. The van der Waals surface area contributed by atoms with Gasteiger partial charge in [-0.2, -0.15) is 0 Å². The molecule has 0 heterocycles. The lowest BCUT2D eigenvalue weighted by Crippen LogP contribution is -2.34. The summed E-state index contributed by atoms with van der Waals surface area (Å²) >= 11 is 8.12. The molecule has 3 nitrogen and oxygen atoms in total. The van der Waals surface area contributed by atoms with Gasteiger partial charge in [-0.1, -0.05) is 18.5 Å². The fourth-order valence-electron chi connectivity index (χ4n) is 1.00. The van der Waals surface area contributed by atoms with Gasteiger partial charge in [0.15, 0.2) is 0 Å². The monoisotopic (exact) mass is 338 g/mol. The third-order valence-electron chi connectivity index (χ3n) is 1.97. The Morgan fingerprint density at radius 3 is 2.87 bits per heavy atom. The number of carbonyl (C=O) groups is 1. The van der Waals surface area contributed by atoms with Gasteiger partial charge in [-0.25, -0.2) is 0 Å². The molecule has 5 heteroatoms. The summed E-state index contributed by atoms with van der Waals surface area (Å²) in [6, 6.07) is 4.94. The smallest absolute Gasteiger partial charge is 0.241 e. The van der Waals surface area contributed by atoms with Gasteiger partial charge in [0, 0.05) is 3.57 Å². The van der Waals surface area contributed by atoms with E-state index in [1.807, 2.05) is 13.0 Å². The van der Waals surface area contributed by atoms with Crippen LogP contribution in [0, 0.1) is 3.57 Å². The second-order valence-corrected chi connectivity index (χ2v) is 4.78. The highest BCUT2D eigenvalue weighted by molar-refractivity contribution is 14.1. The summed E-state index contributed by atoms with van der Waals surface area (Å²) < 4.78 is 1.02. The van der Waals surface area contributed by atoms with Crippen molar-refractivity contribution in [3.63, 3.8) is 0 Å². The van der Waals surface area contributed by atoms with Crippen molar-refractivity contribution in [2.45, 2.75) is 19.4 Å². The number of carbonyl (C=O) groups excluding carboxylic acids is 1. The average Bonchev–Trinajstić information content (AvgIpc) is 2.20. The van der Waals surface area contributed by atoms with Crippen molar-refractivity contribution in [3.05, 3.63) is 26.8 Å². The third kappa shape index (κ3) is 3.62. The van der Waals surface area contributed by atoms with Crippen molar-refractivity contribution >= 4 is 45.8 Å². The molecule has 0 unspecified atom stereocenters. The van der Waals surface area contributed by atoms with Gasteiger partial charge in [0.2, 0.25) is 5.91 Å². The fourth-order valence-corrected chi connectivity index (χ4v) is 1.90. The highest BCUT2D eigenvalue weighted by Gasteiger charge is 2.12. The third-order valence-corrected chi connectivity index (χ3v) is 2.95. The van der Waals surface area contributed by atoms with Crippen molar-refractivity contribution < 1.29 is 4.79 Å². The van der Waals surface area contributed by atoms with Gasteiger partial charge in [-0.15, -0.1) is 0 Å². The predicted molar refractivity (Wildman–Crippen MR) is 71.1 cm³/mol. The van der Waals surface area contributed by atoms with Crippen LogP contribution < -0.4 is 11.1 Å². The second kappa shape index (κ2) is 5.67. The number of anilines is 1. The summed E-state index contributed by atoms with van der Waals surface area (Å²) in [5.41, 5.74) is 6.19. The largest absolute Gasteiger partial charge is 0.323 e. The van der Waals surface area contributed by atoms with Gasteiger partial charge in [0.05, 0.1) is 16.8 Å². The summed E-state index contributed by atoms with van der Waals surface area (Å²) in [6.45, 7) is 1.86. The molecular weight excluding hydrogens is 326 g/mol. The maximum Gasteiger partial charge on any atom is 0.241 e. The molecule has 0 spiro atoms. The zero-order valence-electron chi connectivity index (χ0n) is 8.26. The zero-order valence-corrected chi connectivity index (χ0v) is 11.2. The van der Waals surface area contributed by atoms with Crippen LogP contribution in [0.4, 0.5) is 5.69 Å². The van der Waals surface area contributed by atoms with Crippen LogP contribution in [0.2, 0.25) is 5.02 Å². The Morgan fingerprint density at radius 1 is 1.67 bits per heavy atom. The van der Waals surface area contributed by atoms with E-state index in [1.165, 1.54) is 0 Å². The molecule has 0 aliphatic heterocycles. The van der Waals surface area contributed by atoms with Crippen molar-refractivity contribution in [2.75, 3.05) is 5.32 Å². The summed E-state index contributed by atoms with van der Waals surface area (Å²) in [6.07, 6.45) is 0.605. The average molecular weight is 339 g/mol. The molecular formula is C10H12ClIN2O. The molecule has 0 bridgehead atoms. The summed E-state index contributed by atoms with van der Waals surface area (Å²) in [7, 11) is 0. The van der Waals surface area contributed by atoms with E-state index < -0.39 is 6.04 Å². The second-order valence-electron chi connectivity index (χ2n) is 3.13. The number of halogens is 2. The summed E-state index contributed by atoms with van der Waals surface area (Å²) in [4.78, 5) is 11.5. The van der Waals surface area contributed by atoms with Crippen LogP contribution in [0.5, 0.6) is 0 Å². The highest BCUT2D eigenvalue weighted by atomic mass is 127. The van der Waals surface area contributed by atoms with Crippen molar-refractivity contribution in [2.24, 2.45) is 5.73 Å². The molecule has 1 aromatic rings. The molecule has 15 heavy (non-hydrogen) atoms. The van der Waals surface area contributed by atoms with E-state index in [0.29, 0.717) is 17.1 Å². The van der Waals surface area contributed by atoms with Gasteiger partial charge in [-0.05, 0) is 47.2 Å². The van der Waals surface area contributed by atoms with Gasteiger partial charge in [-0.3, -0.25) is 4.79 Å². The van der Waals surface area contributed by atoms with Gasteiger partial charge < -0.3 is 11.1 Å². The quantitative estimate of drug-likeness (QED) is 0.833. The number of amides is 1. The standard InChI is InChI=1S/C10H12ClIN2O/c1-2-8(13)10(15)14-9-4-3-6(12)5-7(9)11/h3-5,8H,2,13H2,1H3,(H,14,15)/t8-/m1/s1. The molecule has 1 atom stereocenters. The SMILES string of the molecule is CC[C@@H](N)C(=O)Nc1ccc(I)cc1Cl. The lowest BCUT2D eigenvalue weighted by molar-refractivity contribution is -0.117. The van der Waals surface area contributed by atoms with Crippen molar-refractivity contribution in [1.82, 2.24) is 0 Å². The van der Waals surface area contributed by atoms with Gasteiger partial charge >= 0.3 is 0 Å². The first-order chi connectivity index (χ1) is 7.04. The first-order valence-electron chi connectivity index (χ1n) is 4.56. The van der Waals surface area contributed by atoms with E-state index >= 15 is 0 Å². The van der Waals surface area contributed by atoms with E-state index in [-0.39, 0.29) is 5.91 Å². The molecule has 0 aliphatic rings. The first kappa shape index (κ1) is 12.7. The van der Waals surface area contributed by atoms with Crippen LogP contribution in [-0.2, 0) is 4.79 Å². The van der Waals surface area contributed by atoms with Crippen molar-refractivity contribution in [1.29, 1.82) is 0 Å².